The summed E-state index contributed by atoms with van der Waals surface area (Å²) in [7, 11) is 0. The van der Waals surface area contributed by atoms with Crippen LogP contribution in [0, 0.1) is 11.3 Å². The van der Waals surface area contributed by atoms with Crippen LogP contribution < -0.4 is 10.6 Å². The summed E-state index contributed by atoms with van der Waals surface area (Å²) in [6.07, 6.45) is 0. The predicted molar refractivity (Wildman–Crippen MR) is 131 cm³/mol. The third kappa shape index (κ3) is 6.00. The molecule has 7 heteroatoms. The van der Waals surface area contributed by atoms with Gasteiger partial charge in [-0.15, -0.1) is 0 Å². The molecule has 7 nitrogen and oxygen atoms in total. The zero-order valence-electron chi connectivity index (χ0n) is 18.9. The van der Waals surface area contributed by atoms with Gasteiger partial charge in [-0.05, 0) is 29.3 Å². The molecular weight excluding hydrogens is 426 g/mol. The molecule has 172 valence electrons. The molecule has 0 bridgehead atoms. The van der Waals surface area contributed by atoms with Gasteiger partial charge in [-0.1, -0.05) is 66.7 Å². The Balaban J connectivity index is 1.48. The van der Waals surface area contributed by atoms with Crippen molar-refractivity contribution in [3.8, 4) is 6.07 Å². The molecule has 4 rings (SSSR count). The molecule has 1 fully saturated rings. The van der Waals surface area contributed by atoms with E-state index in [4.69, 9.17) is 5.26 Å². The second-order valence-corrected chi connectivity index (χ2v) is 8.26. The first-order valence-corrected chi connectivity index (χ1v) is 11.3. The quantitative estimate of drug-likeness (QED) is 0.597. The number of carbonyl (C=O) groups excluding carboxylic acids is 2. The highest BCUT2D eigenvalue weighted by molar-refractivity contribution is 5.94. The first-order chi connectivity index (χ1) is 16.6. The van der Waals surface area contributed by atoms with E-state index < -0.39 is 6.04 Å². The molecule has 3 aromatic carbocycles. The summed E-state index contributed by atoms with van der Waals surface area (Å²) in [5.74, 6) is -0.192. The Morgan fingerprint density at radius 3 is 2.32 bits per heavy atom. The number of hydrogen-bond donors (Lipinski definition) is 2. The lowest BCUT2D eigenvalue weighted by molar-refractivity contribution is -0.127. The van der Waals surface area contributed by atoms with E-state index in [0.717, 1.165) is 11.1 Å². The first-order valence-electron chi connectivity index (χ1n) is 11.3. The Labute approximate surface area is 199 Å². The van der Waals surface area contributed by atoms with E-state index in [9.17, 15) is 9.59 Å². The number of benzene rings is 3. The number of nitrogens with one attached hydrogen (secondary N) is 2. The second kappa shape index (κ2) is 11.1. The van der Waals surface area contributed by atoms with Crippen molar-refractivity contribution < 1.29 is 9.59 Å². The van der Waals surface area contributed by atoms with Crippen molar-refractivity contribution in [3.05, 3.63) is 102 Å². The van der Waals surface area contributed by atoms with Crippen LogP contribution in [-0.2, 0) is 17.9 Å². The number of urea groups is 1. The molecule has 0 radical (unpaired) electrons. The molecule has 1 unspecified atom stereocenters. The third-order valence-electron chi connectivity index (χ3n) is 5.83. The van der Waals surface area contributed by atoms with E-state index in [1.807, 2.05) is 48.5 Å². The molecule has 1 aliphatic rings. The van der Waals surface area contributed by atoms with E-state index in [1.54, 1.807) is 29.2 Å². The summed E-state index contributed by atoms with van der Waals surface area (Å²) in [5, 5.41) is 15.0. The van der Waals surface area contributed by atoms with Crippen LogP contribution in [0.1, 0.15) is 16.7 Å². The number of rotatable bonds is 6. The number of nitriles is 1. The molecular formula is C27H27N5O2. The monoisotopic (exact) mass is 453 g/mol. The van der Waals surface area contributed by atoms with Crippen molar-refractivity contribution in [1.82, 2.24) is 15.1 Å². The lowest BCUT2D eigenvalue weighted by Crippen LogP contribution is -2.61. The minimum atomic E-state index is -0.639. The first kappa shape index (κ1) is 23.0. The molecule has 0 aliphatic carbocycles. The van der Waals surface area contributed by atoms with Crippen molar-refractivity contribution in [1.29, 1.82) is 5.26 Å². The average Bonchev–Trinajstić information content (AvgIpc) is 2.88. The molecule has 1 saturated heterocycles. The van der Waals surface area contributed by atoms with Gasteiger partial charge in [0, 0.05) is 38.4 Å². The van der Waals surface area contributed by atoms with Gasteiger partial charge in [0.15, 0.2) is 0 Å². The van der Waals surface area contributed by atoms with Crippen LogP contribution in [0.25, 0.3) is 0 Å². The fourth-order valence-corrected chi connectivity index (χ4v) is 4.06. The number of anilines is 1. The van der Waals surface area contributed by atoms with Crippen LogP contribution >= 0.6 is 0 Å². The topological polar surface area (TPSA) is 88.5 Å². The number of piperazine rings is 1. The van der Waals surface area contributed by atoms with Gasteiger partial charge in [-0.3, -0.25) is 9.69 Å². The minimum Gasteiger partial charge on any atom is -0.350 e. The van der Waals surface area contributed by atoms with Crippen LogP contribution in [0.4, 0.5) is 10.5 Å². The zero-order chi connectivity index (χ0) is 23.8. The molecule has 3 amide bonds. The molecule has 1 heterocycles. The molecule has 0 aromatic heterocycles. The summed E-state index contributed by atoms with van der Waals surface area (Å²) in [4.78, 5) is 30.2. The van der Waals surface area contributed by atoms with E-state index >= 15 is 0 Å². The Hall–Kier alpha value is -4.15. The van der Waals surface area contributed by atoms with Gasteiger partial charge >= 0.3 is 6.03 Å². The highest BCUT2D eigenvalue weighted by Gasteiger charge is 2.35. The predicted octanol–water partition coefficient (Wildman–Crippen LogP) is 3.59. The third-order valence-corrected chi connectivity index (χ3v) is 5.83. The van der Waals surface area contributed by atoms with Crippen LogP contribution in [0.15, 0.2) is 84.9 Å². The number of nitrogens with zero attached hydrogens (tertiary/aromatic N) is 3. The van der Waals surface area contributed by atoms with Crippen molar-refractivity contribution in [2.75, 3.05) is 25.0 Å². The van der Waals surface area contributed by atoms with Crippen molar-refractivity contribution in [2.24, 2.45) is 0 Å². The maximum absolute atomic E-state index is 13.2. The summed E-state index contributed by atoms with van der Waals surface area (Å²) < 4.78 is 0. The smallest absolute Gasteiger partial charge is 0.322 e. The summed E-state index contributed by atoms with van der Waals surface area (Å²) in [6.45, 7) is 2.61. The molecule has 0 saturated carbocycles. The van der Waals surface area contributed by atoms with Gasteiger partial charge in [0.05, 0.1) is 11.6 Å². The van der Waals surface area contributed by atoms with Gasteiger partial charge in [-0.25, -0.2) is 4.79 Å². The van der Waals surface area contributed by atoms with Crippen LogP contribution in [0.3, 0.4) is 0 Å². The lowest BCUT2D eigenvalue weighted by atomic mass is 10.1. The molecule has 2 N–H and O–H groups in total. The van der Waals surface area contributed by atoms with Crippen molar-refractivity contribution in [2.45, 2.75) is 19.1 Å². The van der Waals surface area contributed by atoms with Gasteiger partial charge < -0.3 is 15.5 Å². The van der Waals surface area contributed by atoms with E-state index in [-0.39, 0.29) is 11.9 Å². The molecule has 1 aliphatic heterocycles. The van der Waals surface area contributed by atoms with E-state index in [2.05, 4.69) is 33.7 Å². The fraction of sp³-hybridized carbons (Fsp3) is 0.222. The molecule has 1 atom stereocenters. The maximum Gasteiger partial charge on any atom is 0.322 e. The zero-order valence-corrected chi connectivity index (χ0v) is 18.9. The summed E-state index contributed by atoms with van der Waals surface area (Å²) >= 11 is 0. The molecule has 3 aromatic rings. The van der Waals surface area contributed by atoms with Crippen LogP contribution in [-0.4, -0.2) is 47.4 Å². The number of amides is 3. The van der Waals surface area contributed by atoms with Gasteiger partial charge in [0.2, 0.25) is 5.91 Å². The molecule has 34 heavy (non-hydrogen) atoms. The highest BCUT2D eigenvalue weighted by Crippen LogP contribution is 2.17. The Morgan fingerprint density at radius 2 is 1.62 bits per heavy atom. The van der Waals surface area contributed by atoms with Crippen molar-refractivity contribution >= 4 is 17.6 Å². The van der Waals surface area contributed by atoms with E-state index in [1.165, 1.54) is 0 Å². The Bertz CT molecular complexity index is 1160. The van der Waals surface area contributed by atoms with Gasteiger partial charge in [-0.2, -0.15) is 5.26 Å². The average molecular weight is 454 g/mol. The Morgan fingerprint density at radius 1 is 0.912 bits per heavy atom. The van der Waals surface area contributed by atoms with Gasteiger partial charge in [0.25, 0.3) is 0 Å². The summed E-state index contributed by atoms with van der Waals surface area (Å²) in [6, 6.07) is 27.6. The number of hydrogen-bond acceptors (Lipinski definition) is 4. The fourth-order valence-electron chi connectivity index (χ4n) is 4.06. The Kier molecular flexibility index (Phi) is 7.53. The minimum absolute atomic E-state index is 0.192. The largest absolute Gasteiger partial charge is 0.350 e. The number of carbonyl (C=O) groups is 2. The normalized spacial score (nSPS) is 15.9. The van der Waals surface area contributed by atoms with Gasteiger partial charge in [0.1, 0.15) is 6.04 Å². The molecule has 0 spiro atoms. The highest BCUT2D eigenvalue weighted by atomic mass is 16.2. The standard InChI is InChI=1S/C27H27N5O2/c28-17-23-12-7-13-24(16-23)30-27(34)32-15-14-31(19-22-10-5-2-6-11-22)20-25(32)26(33)29-18-21-8-3-1-4-9-21/h1-13,16,25H,14-15,18-20H2,(H,29,33)(H,30,34). The van der Waals surface area contributed by atoms with Crippen LogP contribution in [0.2, 0.25) is 0 Å². The van der Waals surface area contributed by atoms with E-state index in [0.29, 0.717) is 44.0 Å². The van der Waals surface area contributed by atoms with Crippen molar-refractivity contribution in [3.63, 3.8) is 0 Å². The summed E-state index contributed by atoms with van der Waals surface area (Å²) in [5.41, 5.74) is 3.15. The van der Waals surface area contributed by atoms with Crippen LogP contribution in [0.5, 0.6) is 0 Å². The second-order valence-electron chi connectivity index (χ2n) is 8.26. The lowest BCUT2D eigenvalue weighted by Gasteiger charge is -2.40. The SMILES string of the molecule is N#Cc1cccc(NC(=O)N2CCN(Cc3ccccc3)CC2C(=O)NCc2ccccc2)c1. The maximum atomic E-state index is 13.2.